The van der Waals surface area contributed by atoms with Gasteiger partial charge in [-0.15, -0.1) is 0 Å². The van der Waals surface area contributed by atoms with Crippen molar-refractivity contribution < 1.29 is 36.4 Å². The second-order valence-corrected chi connectivity index (χ2v) is 5.13. The van der Waals surface area contributed by atoms with E-state index in [1.807, 2.05) is 0 Å². The molecule has 2 aromatic rings. The zero-order valence-electron chi connectivity index (χ0n) is 13.7. The predicted octanol–water partition coefficient (Wildman–Crippen LogP) is 3.85. The number of amides is 2. The van der Waals surface area contributed by atoms with Crippen LogP contribution >= 0.6 is 0 Å². The van der Waals surface area contributed by atoms with Gasteiger partial charge in [0.1, 0.15) is 17.2 Å². The van der Waals surface area contributed by atoms with Crippen LogP contribution in [0.4, 0.5) is 28.0 Å². The summed E-state index contributed by atoms with van der Waals surface area (Å²) in [6.07, 6.45) is 0. The number of alkyl halides is 4. The van der Waals surface area contributed by atoms with Crippen LogP contribution in [0.2, 0.25) is 0 Å². The van der Waals surface area contributed by atoms with Crippen molar-refractivity contribution in [2.75, 3.05) is 12.4 Å². The predicted molar refractivity (Wildman–Crippen MR) is 81.4 cm³/mol. The van der Waals surface area contributed by atoms with Crippen LogP contribution in [0.1, 0.15) is 11.5 Å². The molecule has 0 radical (unpaired) electrons. The van der Waals surface area contributed by atoms with Crippen LogP contribution in [0.3, 0.4) is 0 Å². The molecule has 142 valence electrons. The van der Waals surface area contributed by atoms with E-state index in [-0.39, 0.29) is 18.0 Å². The van der Waals surface area contributed by atoms with Crippen LogP contribution < -0.4 is 14.8 Å². The van der Waals surface area contributed by atoms with Crippen LogP contribution in [0.25, 0.3) is 0 Å². The summed E-state index contributed by atoms with van der Waals surface area (Å²) in [6, 6.07) is 4.00. The average Bonchev–Trinajstić information content (AvgIpc) is 2.93. The number of carbonyl (C=O) groups is 1. The third-order valence-corrected chi connectivity index (χ3v) is 3.06. The molecule has 0 bridgehead atoms. The second-order valence-electron chi connectivity index (χ2n) is 5.13. The molecule has 2 rings (SSSR count). The molecule has 1 aromatic heterocycles. The number of carbonyl (C=O) groups excluding carboxylic acids is 1. The number of ether oxygens (including phenoxy) is 2. The van der Waals surface area contributed by atoms with Gasteiger partial charge in [0.2, 0.25) is 0 Å². The highest BCUT2D eigenvalue weighted by molar-refractivity contribution is 5.91. The number of urea groups is 1. The number of hydrogen-bond acceptors (Lipinski definition) is 5. The summed E-state index contributed by atoms with van der Waals surface area (Å²) in [7, 11) is 1.45. The standard InChI is InChI=1S/C15H15F4N3O4/c1-8-5-9(21-26-8)7-22(2)15(23)20-11-4-3-10(24-13(16)17)6-12(11)25-14(18)19/h3-6,13-14H,7H2,1-2H3,(H,20,23). The minimum absolute atomic E-state index is 0.0980. The summed E-state index contributed by atoms with van der Waals surface area (Å²) in [5.41, 5.74) is 0.352. The normalized spacial score (nSPS) is 10.9. The van der Waals surface area contributed by atoms with Crippen molar-refractivity contribution in [1.82, 2.24) is 10.1 Å². The lowest BCUT2D eigenvalue weighted by Crippen LogP contribution is -2.31. The Labute approximate surface area is 145 Å². The van der Waals surface area contributed by atoms with E-state index in [0.717, 1.165) is 18.2 Å². The molecule has 1 heterocycles. The molecule has 0 unspecified atom stereocenters. The van der Waals surface area contributed by atoms with E-state index in [1.165, 1.54) is 11.9 Å². The number of rotatable bonds is 7. The van der Waals surface area contributed by atoms with E-state index in [9.17, 15) is 22.4 Å². The molecule has 2 amide bonds. The highest BCUT2D eigenvalue weighted by Gasteiger charge is 2.17. The highest BCUT2D eigenvalue weighted by Crippen LogP contribution is 2.31. The van der Waals surface area contributed by atoms with Gasteiger partial charge in [0, 0.05) is 19.2 Å². The number of aryl methyl sites for hydroxylation is 1. The summed E-state index contributed by atoms with van der Waals surface area (Å²) in [4.78, 5) is 13.4. The van der Waals surface area contributed by atoms with Gasteiger partial charge in [0.25, 0.3) is 0 Å². The van der Waals surface area contributed by atoms with Crippen LogP contribution in [0.15, 0.2) is 28.8 Å². The number of anilines is 1. The van der Waals surface area contributed by atoms with Gasteiger partial charge in [-0.1, -0.05) is 5.16 Å². The van der Waals surface area contributed by atoms with Crippen molar-refractivity contribution >= 4 is 11.7 Å². The molecular weight excluding hydrogens is 362 g/mol. The number of hydrogen-bond donors (Lipinski definition) is 1. The minimum Gasteiger partial charge on any atom is -0.435 e. The van der Waals surface area contributed by atoms with E-state index in [2.05, 4.69) is 19.9 Å². The number of nitrogens with one attached hydrogen (secondary N) is 1. The summed E-state index contributed by atoms with van der Waals surface area (Å²) < 4.78 is 62.8. The van der Waals surface area contributed by atoms with Gasteiger partial charge in [-0.05, 0) is 19.1 Å². The summed E-state index contributed by atoms with van der Waals surface area (Å²) in [5, 5.41) is 6.08. The maximum Gasteiger partial charge on any atom is 0.387 e. The third kappa shape index (κ3) is 5.53. The smallest absolute Gasteiger partial charge is 0.387 e. The SMILES string of the molecule is Cc1cc(CN(C)C(=O)Nc2ccc(OC(F)F)cc2OC(F)F)no1. The number of nitrogens with zero attached hydrogens (tertiary/aromatic N) is 2. The maximum atomic E-state index is 12.5. The molecule has 1 aromatic carbocycles. The van der Waals surface area contributed by atoms with E-state index in [1.54, 1.807) is 13.0 Å². The zero-order valence-corrected chi connectivity index (χ0v) is 13.7. The van der Waals surface area contributed by atoms with Crippen molar-refractivity contribution in [2.24, 2.45) is 0 Å². The van der Waals surface area contributed by atoms with Gasteiger partial charge < -0.3 is 24.2 Å². The molecule has 0 aliphatic carbocycles. The third-order valence-electron chi connectivity index (χ3n) is 3.06. The van der Waals surface area contributed by atoms with Gasteiger partial charge in [-0.25, -0.2) is 4.79 Å². The van der Waals surface area contributed by atoms with Crippen molar-refractivity contribution in [2.45, 2.75) is 26.7 Å². The lowest BCUT2D eigenvalue weighted by Gasteiger charge is -2.18. The Hall–Kier alpha value is -2.98. The molecule has 7 nitrogen and oxygen atoms in total. The highest BCUT2D eigenvalue weighted by atomic mass is 19.3. The first-order valence-corrected chi connectivity index (χ1v) is 7.22. The van der Waals surface area contributed by atoms with Crippen molar-refractivity contribution in [3.8, 4) is 11.5 Å². The van der Waals surface area contributed by atoms with Crippen LogP contribution in [-0.2, 0) is 6.54 Å². The molecular formula is C15H15F4N3O4. The molecule has 0 saturated carbocycles. The lowest BCUT2D eigenvalue weighted by atomic mass is 10.2. The van der Waals surface area contributed by atoms with Crippen molar-refractivity contribution in [3.05, 3.63) is 35.7 Å². The number of aromatic nitrogens is 1. The fraction of sp³-hybridized carbons (Fsp3) is 0.333. The fourth-order valence-electron chi connectivity index (χ4n) is 1.99. The first-order valence-electron chi connectivity index (χ1n) is 7.22. The number of halogens is 4. The molecule has 0 aliphatic rings. The zero-order chi connectivity index (χ0) is 19.3. The fourth-order valence-corrected chi connectivity index (χ4v) is 1.99. The van der Waals surface area contributed by atoms with Gasteiger partial charge in [-0.2, -0.15) is 17.6 Å². The van der Waals surface area contributed by atoms with Crippen LogP contribution in [-0.4, -0.2) is 36.4 Å². The Balaban J connectivity index is 2.11. The average molecular weight is 377 g/mol. The first-order chi connectivity index (χ1) is 12.2. The molecule has 26 heavy (non-hydrogen) atoms. The lowest BCUT2D eigenvalue weighted by molar-refractivity contribution is -0.0539. The second kappa shape index (κ2) is 8.41. The molecule has 0 aliphatic heterocycles. The Bertz CT molecular complexity index is 754. The first kappa shape index (κ1) is 19.3. The largest absolute Gasteiger partial charge is 0.435 e. The van der Waals surface area contributed by atoms with Gasteiger partial charge in [-0.3, -0.25) is 0 Å². The van der Waals surface area contributed by atoms with Gasteiger partial charge in [0.05, 0.1) is 12.2 Å². The molecule has 0 spiro atoms. The summed E-state index contributed by atoms with van der Waals surface area (Å²) in [5.74, 6) is -0.340. The molecule has 1 N–H and O–H groups in total. The molecule has 0 atom stereocenters. The van der Waals surface area contributed by atoms with Gasteiger partial charge in [0.15, 0.2) is 5.75 Å². The van der Waals surface area contributed by atoms with Crippen molar-refractivity contribution in [3.63, 3.8) is 0 Å². The quantitative estimate of drug-likeness (QED) is 0.742. The Morgan fingerprint density at radius 3 is 2.50 bits per heavy atom. The van der Waals surface area contributed by atoms with E-state index in [4.69, 9.17) is 4.52 Å². The van der Waals surface area contributed by atoms with Gasteiger partial charge >= 0.3 is 19.3 Å². The van der Waals surface area contributed by atoms with Crippen molar-refractivity contribution in [1.29, 1.82) is 0 Å². The molecule has 0 fully saturated rings. The number of benzene rings is 1. The minimum atomic E-state index is -3.22. The van der Waals surface area contributed by atoms with E-state index >= 15 is 0 Å². The Morgan fingerprint density at radius 1 is 1.23 bits per heavy atom. The van der Waals surface area contributed by atoms with Crippen LogP contribution in [0, 0.1) is 6.92 Å². The summed E-state index contributed by atoms with van der Waals surface area (Å²) in [6.45, 7) is -4.57. The molecule has 0 saturated heterocycles. The summed E-state index contributed by atoms with van der Waals surface area (Å²) >= 11 is 0. The Morgan fingerprint density at radius 2 is 1.92 bits per heavy atom. The van der Waals surface area contributed by atoms with E-state index in [0.29, 0.717) is 11.5 Å². The molecule has 11 heteroatoms. The monoisotopic (exact) mass is 377 g/mol. The van der Waals surface area contributed by atoms with E-state index < -0.39 is 25.0 Å². The van der Waals surface area contributed by atoms with Crippen LogP contribution in [0.5, 0.6) is 11.5 Å². The topological polar surface area (TPSA) is 76.8 Å². The maximum absolute atomic E-state index is 12.5. The Kier molecular flexibility index (Phi) is 6.26.